The summed E-state index contributed by atoms with van der Waals surface area (Å²) in [7, 11) is 1.29. The van der Waals surface area contributed by atoms with E-state index >= 15 is 0 Å². The molecule has 0 radical (unpaired) electrons. The highest BCUT2D eigenvalue weighted by atomic mass is 19.3. The van der Waals surface area contributed by atoms with Crippen molar-refractivity contribution in [3.63, 3.8) is 0 Å². The molecule has 0 unspecified atom stereocenters. The first-order valence-corrected chi connectivity index (χ1v) is 5.84. The van der Waals surface area contributed by atoms with Gasteiger partial charge in [0.2, 0.25) is 0 Å². The minimum absolute atomic E-state index is 0.0910. The molecule has 2 aromatic carbocycles. The van der Waals surface area contributed by atoms with Gasteiger partial charge in [0.15, 0.2) is 0 Å². The van der Waals surface area contributed by atoms with E-state index < -0.39 is 12.6 Å². The number of alkyl halides is 2. The Labute approximate surface area is 114 Å². The van der Waals surface area contributed by atoms with Crippen LogP contribution >= 0.6 is 0 Å². The molecular weight excluding hydrogens is 266 g/mol. The summed E-state index contributed by atoms with van der Waals surface area (Å²) in [5.41, 5.74) is 1.60. The molecule has 0 aliphatic rings. The number of hydrogen-bond acceptors (Lipinski definition) is 3. The molecule has 0 aliphatic heterocycles. The fourth-order valence-corrected chi connectivity index (χ4v) is 1.81. The highest BCUT2D eigenvalue weighted by Crippen LogP contribution is 2.31. The van der Waals surface area contributed by atoms with Crippen molar-refractivity contribution in [3.05, 3.63) is 54.1 Å². The molecule has 0 aromatic heterocycles. The van der Waals surface area contributed by atoms with Crippen LogP contribution in [0, 0.1) is 0 Å². The Morgan fingerprint density at radius 1 is 1.05 bits per heavy atom. The molecule has 2 aromatic rings. The molecule has 0 amide bonds. The molecule has 0 aliphatic carbocycles. The van der Waals surface area contributed by atoms with Gasteiger partial charge in [-0.25, -0.2) is 4.79 Å². The lowest BCUT2D eigenvalue weighted by Crippen LogP contribution is -2.03. The fourth-order valence-electron chi connectivity index (χ4n) is 1.81. The van der Waals surface area contributed by atoms with Crippen LogP contribution in [-0.2, 0) is 4.74 Å². The van der Waals surface area contributed by atoms with Gasteiger partial charge in [0, 0.05) is 5.56 Å². The maximum absolute atomic E-state index is 12.3. The van der Waals surface area contributed by atoms with Crippen LogP contribution < -0.4 is 4.74 Å². The lowest BCUT2D eigenvalue weighted by atomic mass is 10.0. The van der Waals surface area contributed by atoms with E-state index in [0.717, 1.165) is 0 Å². The summed E-state index contributed by atoms with van der Waals surface area (Å²) < 4.78 is 33.8. The van der Waals surface area contributed by atoms with Crippen molar-refractivity contribution in [2.45, 2.75) is 6.61 Å². The molecule has 5 heteroatoms. The minimum atomic E-state index is -2.88. The van der Waals surface area contributed by atoms with E-state index in [9.17, 15) is 13.6 Å². The average molecular weight is 278 g/mol. The number of para-hydroxylation sites is 1. The molecule has 0 saturated carbocycles. The van der Waals surface area contributed by atoms with Crippen molar-refractivity contribution in [2.24, 2.45) is 0 Å². The van der Waals surface area contributed by atoms with E-state index in [2.05, 4.69) is 9.47 Å². The van der Waals surface area contributed by atoms with E-state index in [-0.39, 0.29) is 5.75 Å². The minimum Gasteiger partial charge on any atom is -0.465 e. The van der Waals surface area contributed by atoms with Crippen LogP contribution in [0.2, 0.25) is 0 Å². The summed E-state index contributed by atoms with van der Waals surface area (Å²) in [6, 6.07) is 12.9. The second-order valence-electron chi connectivity index (χ2n) is 3.94. The van der Waals surface area contributed by atoms with Crippen LogP contribution in [0.15, 0.2) is 48.5 Å². The topological polar surface area (TPSA) is 35.5 Å². The van der Waals surface area contributed by atoms with Gasteiger partial charge in [-0.1, -0.05) is 30.3 Å². The second-order valence-corrected chi connectivity index (χ2v) is 3.94. The predicted octanol–water partition coefficient (Wildman–Crippen LogP) is 3.74. The van der Waals surface area contributed by atoms with Crippen molar-refractivity contribution < 1.29 is 23.0 Å². The zero-order valence-corrected chi connectivity index (χ0v) is 10.7. The molecule has 0 bridgehead atoms. The Balaban J connectivity index is 2.34. The number of rotatable bonds is 4. The van der Waals surface area contributed by atoms with Crippen molar-refractivity contribution >= 4 is 5.97 Å². The smallest absolute Gasteiger partial charge is 0.387 e. The molecule has 3 nitrogen and oxygen atoms in total. The SMILES string of the molecule is COC(=O)c1ccc(-c2ccccc2OC(F)F)cc1. The molecule has 0 atom stereocenters. The van der Waals surface area contributed by atoms with E-state index in [1.165, 1.54) is 13.2 Å². The summed E-state index contributed by atoms with van der Waals surface area (Å²) in [5, 5.41) is 0. The fraction of sp³-hybridized carbons (Fsp3) is 0.133. The average Bonchev–Trinajstić information content (AvgIpc) is 2.46. The first kappa shape index (κ1) is 14.0. The summed E-state index contributed by atoms with van der Waals surface area (Å²) in [5.74, 6) is -0.359. The lowest BCUT2D eigenvalue weighted by Gasteiger charge is -2.10. The lowest BCUT2D eigenvalue weighted by molar-refractivity contribution is -0.0494. The van der Waals surface area contributed by atoms with Crippen LogP contribution in [-0.4, -0.2) is 19.7 Å². The maximum Gasteiger partial charge on any atom is 0.387 e. The Morgan fingerprint density at radius 2 is 1.70 bits per heavy atom. The molecule has 20 heavy (non-hydrogen) atoms. The molecule has 104 valence electrons. The Bertz CT molecular complexity index is 594. The maximum atomic E-state index is 12.3. The van der Waals surface area contributed by atoms with Gasteiger partial charge in [-0.3, -0.25) is 0 Å². The number of methoxy groups -OCH3 is 1. The third-order valence-electron chi connectivity index (χ3n) is 2.72. The highest BCUT2D eigenvalue weighted by Gasteiger charge is 2.11. The van der Waals surface area contributed by atoms with Gasteiger partial charge in [-0.15, -0.1) is 0 Å². The van der Waals surface area contributed by atoms with Crippen molar-refractivity contribution in [1.82, 2.24) is 0 Å². The predicted molar refractivity (Wildman–Crippen MR) is 69.8 cm³/mol. The summed E-state index contributed by atoms with van der Waals surface area (Å²) in [6.07, 6.45) is 0. The Morgan fingerprint density at radius 3 is 2.30 bits per heavy atom. The van der Waals surface area contributed by atoms with Crippen molar-refractivity contribution in [3.8, 4) is 16.9 Å². The molecule has 0 fully saturated rings. The van der Waals surface area contributed by atoms with E-state index in [1.807, 2.05) is 0 Å². The number of benzene rings is 2. The van der Waals surface area contributed by atoms with E-state index in [0.29, 0.717) is 16.7 Å². The Hall–Kier alpha value is -2.43. The van der Waals surface area contributed by atoms with Gasteiger partial charge in [-0.2, -0.15) is 8.78 Å². The standard InChI is InChI=1S/C15H12F2O3/c1-19-14(18)11-8-6-10(7-9-11)12-4-2-3-5-13(12)20-15(16)17/h2-9,15H,1H3. The largest absolute Gasteiger partial charge is 0.465 e. The molecule has 0 saturated heterocycles. The molecular formula is C15H12F2O3. The molecule has 2 rings (SSSR count). The highest BCUT2D eigenvalue weighted by molar-refractivity contribution is 5.90. The van der Waals surface area contributed by atoms with Gasteiger partial charge < -0.3 is 9.47 Å². The van der Waals surface area contributed by atoms with Gasteiger partial charge in [0.25, 0.3) is 0 Å². The third kappa shape index (κ3) is 3.12. The van der Waals surface area contributed by atoms with Gasteiger partial charge >= 0.3 is 12.6 Å². The van der Waals surface area contributed by atoms with Crippen LogP contribution in [0.3, 0.4) is 0 Å². The van der Waals surface area contributed by atoms with Crippen molar-refractivity contribution in [1.29, 1.82) is 0 Å². The number of carbonyl (C=O) groups excluding carboxylic acids is 1. The second kappa shape index (κ2) is 6.14. The normalized spacial score (nSPS) is 10.4. The number of esters is 1. The van der Waals surface area contributed by atoms with E-state index in [1.54, 1.807) is 42.5 Å². The third-order valence-corrected chi connectivity index (χ3v) is 2.72. The quantitative estimate of drug-likeness (QED) is 0.799. The summed E-state index contributed by atoms with van der Waals surface area (Å²) in [6.45, 7) is -2.88. The number of ether oxygens (including phenoxy) is 2. The zero-order chi connectivity index (χ0) is 14.5. The molecule has 0 spiro atoms. The molecule has 0 heterocycles. The summed E-state index contributed by atoms with van der Waals surface area (Å²) >= 11 is 0. The van der Waals surface area contributed by atoms with Gasteiger partial charge in [0.1, 0.15) is 5.75 Å². The Kier molecular flexibility index (Phi) is 4.30. The monoisotopic (exact) mass is 278 g/mol. The van der Waals surface area contributed by atoms with Crippen LogP contribution in [0.1, 0.15) is 10.4 Å². The number of carbonyl (C=O) groups is 1. The first-order valence-electron chi connectivity index (χ1n) is 5.84. The number of hydrogen-bond donors (Lipinski definition) is 0. The number of halogens is 2. The van der Waals surface area contributed by atoms with Crippen LogP contribution in [0.5, 0.6) is 5.75 Å². The van der Waals surface area contributed by atoms with Gasteiger partial charge in [0.05, 0.1) is 12.7 Å². The first-order chi connectivity index (χ1) is 9.61. The summed E-state index contributed by atoms with van der Waals surface area (Å²) in [4.78, 5) is 11.3. The zero-order valence-electron chi connectivity index (χ0n) is 10.7. The van der Waals surface area contributed by atoms with Crippen LogP contribution in [0.25, 0.3) is 11.1 Å². The van der Waals surface area contributed by atoms with Crippen molar-refractivity contribution in [2.75, 3.05) is 7.11 Å². The van der Waals surface area contributed by atoms with Gasteiger partial charge in [-0.05, 0) is 23.8 Å². The molecule has 0 N–H and O–H groups in total. The van der Waals surface area contributed by atoms with Crippen LogP contribution in [0.4, 0.5) is 8.78 Å². The van der Waals surface area contributed by atoms with E-state index in [4.69, 9.17) is 0 Å².